The van der Waals surface area contributed by atoms with E-state index in [2.05, 4.69) is 4.98 Å². The van der Waals surface area contributed by atoms with E-state index in [-0.39, 0.29) is 24.9 Å². The fourth-order valence-electron chi connectivity index (χ4n) is 2.06. The molecule has 0 fully saturated rings. The van der Waals surface area contributed by atoms with Crippen molar-refractivity contribution in [3.8, 4) is 10.6 Å². The van der Waals surface area contributed by atoms with Gasteiger partial charge in [-0.25, -0.2) is 4.98 Å². The number of nitrogens with zero attached hydrogens (tertiary/aromatic N) is 2. The van der Waals surface area contributed by atoms with E-state index in [1.165, 1.54) is 16.2 Å². The van der Waals surface area contributed by atoms with Gasteiger partial charge in [0.05, 0.1) is 12.1 Å². The van der Waals surface area contributed by atoms with E-state index in [4.69, 9.17) is 5.11 Å². The summed E-state index contributed by atoms with van der Waals surface area (Å²) in [5, 5.41) is 11.6. The number of carbonyl (C=O) groups excluding carboxylic acids is 1. The summed E-state index contributed by atoms with van der Waals surface area (Å²) in [7, 11) is 0. The van der Waals surface area contributed by atoms with E-state index in [0.717, 1.165) is 10.6 Å². The van der Waals surface area contributed by atoms with Gasteiger partial charge in [-0.3, -0.25) is 9.59 Å². The zero-order chi connectivity index (χ0) is 16.1. The monoisotopic (exact) mass is 318 g/mol. The zero-order valence-electron chi connectivity index (χ0n) is 12.5. The number of hydrogen-bond donors (Lipinski definition) is 1. The van der Waals surface area contributed by atoms with Gasteiger partial charge in [-0.05, 0) is 13.8 Å². The molecule has 0 radical (unpaired) electrons. The number of aliphatic carboxylic acids is 1. The van der Waals surface area contributed by atoms with Crippen LogP contribution in [0, 0.1) is 0 Å². The minimum absolute atomic E-state index is 0.120. The molecule has 0 spiro atoms. The minimum Gasteiger partial charge on any atom is -0.480 e. The van der Waals surface area contributed by atoms with E-state index < -0.39 is 5.97 Å². The molecule has 0 bridgehead atoms. The van der Waals surface area contributed by atoms with Crippen LogP contribution in [-0.4, -0.2) is 39.5 Å². The lowest BCUT2D eigenvalue weighted by Crippen LogP contribution is -2.41. The molecule has 1 aromatic carbocycles. The van der Waals surface area contributed by atoms with Crippen molar-refractivity contribution in [1.29, 1.82) is 0 Å². The predicted molar refractivity (Wildman–Crippen MR) is 85.7 cm³/mol. The average Bonchev–Trinajstić information content (AvgIpc) is 2.93. The normalized spacial score (nSPS) is 10.7. The van der Waals surface area contributed by atoms with Gasteiger partial charge in [0.25, 0.3) is 0 Å². The third-order valence-electron chi connectivity index (χ3n) is 3.15. The maximum Gasteiger partial charge on any atom is 0.323 e. The number of benzene rings is 1. The second-order valence-corrected chi connectivity index (χ2v) is 6.05. The highest BCUT2D eigenvalue weighted by molar-refractivity contribution is 7.13. The molecule has 22 heavy (non-hydrogen) atoms. The van der Waals surface area contributed by atoms with Crippen LogP contribution < -0.4 is 0 Å². The lowest BCUT2D eigenvalue weighted by Gasteiger charge is -2.24. The van der Waals surface area contributed by atoms with Gasteiger partial charge in [-0.1, -0.05) is 30.3 Å². The summed E-state index contributed by atoms with van der Waals surface area (Å²) in [5.74, 6) is -1.23. The number of thiazole rings is 1. The SMILES string of the molecule is CC(C)N(CC(=O)O)C(=O)Cc1csc(-c2ccccc2)n1. The largest absolute Gasteiger partial charge is 0.480 e. The standard InChI is InChI=1S/C16H18N2O3S/c1-11(2)18(9-15(20)21)14(19)8-13-10-22-16(17-13)12-6-4-3-5-7-12/h3-7,10-11H,8-9H2,1-2H3,(H,20,21). The van der Waals surface area contributed by atoms with Crippen LogP contribution in [0.15, 0.2) is 35.7 Å². The van der Waals surface area contributed by atoms with Gasteiger partial charge in [0, 0.05) is 17.0 Å². The van der Waals surface area contributed by atoms with Crippen molar-refractivity contribution in [2.75, 3.05) is 6.54 Å². The number of carboxylic acid groups (broad SMARTS) is 1. The molecule has 1 aromatic heterocycles. The molecular formula is C16H18N2O3S. The van der Waals surface area contributed by atoms with Gasteiger partial charge >= 0.3 is 5.97 Å². The van der Waals surface area contributed by atoms with Gasteiger partial charge in [0.15, 0.2) is 0 Å². The van der Waals surface area contributed by atoms with Crippen LogP contribution in [0.25, 0.3) is 10.6 Å². The number of rotatable bonds is 6. The Kier molecular flexibility index (Phi) is 5.27. The Morgan fingerprint density at radius 1 is 1.27 bits per heavy atom. The molecule has 0 unspecified atom stereocenters. The van der Waals surface area contributed by atoms with E-state index >= 15 is 0 Å². The van der Waals surface area contributed by atoms with Crippen LogP contribution in [-0.2, 0) is 16.0 Å². The van der Waals surface area contributed by atoms with Gasteiger partial charge in [0.1, 0.15) is 11.6 Å². The Balaban J connectivity index is 2.09. The first-order valence-electron chi connectivity index (χ1n) is 6.98. The van der Waals surface area contributed by atoms with Crippen molar-refractivity contribution < 1.29 is 14.7 Å². The quantitative estimate of drug-likeness (QED) is 0.889. The van der Waals surface area contributed by atoms with Crippen molar-refractivity contribution in [1.82, 2.24) is 9.88 Å². The topological polar surface area (TPSA) is 70.5 Å². The van der Waals surface area contributed by atoms with E-state index in [1.54, 1.807) is 13.8 Å². The van der Waals surface area contributed by atoms with Gasteiger partial charge < -0.3 is 10.0 Å². The molecule has 0 atom stereocenters. The summed E-state index contributed by atoms with van der Waals surface area (Å²) in [6, 6.07) is 9.60. The zero-order valence-corrected chi connectivity index (χ0v) is 13.3. The molecule has 1 heterocycles. The molecule has 116 valence electrons. The number of carbonyl (C=O) groups is 2. The highest BCUT2D eigenvalue weighted by Gasteiger charge is 2.21. The molecule has 2 rings (SSSR count). The van der Waals surface area contributed by atoms with Crippen LogP contribution >= 0.6 is 11.3 Å². The summed E-state index contributed by atoms with van der Waals surface area (Å²) >= 11 is 1.48. The van der Waals surface area contributed by atoms with Crippen molar-refractivity contribution in [2.24, 2.45) is 0 Å². The van der Waals surface area contributed by atoms with Crippen molar-refractivity contribution in [3.05, 3.63) is 41.4 Å². The highest BCUT2D eigenvalue weighted by Crippen LogP contribution is 2.23. The second kappa shape index (κ2) is 7.17. The predicted octanol–water partition coefficient (Wildman–Crippen LogP) is 2.67. The Bertz CT molecular complexity index is 652. The maximum atomic E-state index is 12.3. The molecular weight excluding hydrogens is 300 g/mol. The molecule has 0 aliphatic carbocycles. The highest BCUT2D eigenvalue weighted by atomic mass is 32.1. The lowest BCUT2D eigenvalue weighted by molar-refractivity contribution is -0.145. The van der Waals surface area contributed by atoms with E-state index in [9.17, 15) is 9.59 Å². The smallest absolute Gasteiger partial charge is 0.323 e. The van der Waals surface area contributed by atoms with Gasteiger partial charge in [0.2, 0.25) is 5.91 Å². The minimum atomic E-state index is -1.01. The maximum absolute atomic E-state index is 12.3. The molecule has 0 saturated carbocycles. The fourth-order valence-corrected chi connectivity index (χ4v) is 2.89. The van der Waals surface area contributed by atoms with Crippen LogP contribution in [0.3, 0.4) is 0 Å². The molecule has 2 aromatic rings. The van der Waals surface area contributed by atoms with Crippen LogP contribution in [0.4, 0.5) is 0 Å². The fraction of sp³-hybridized carbons (Fsp3) is 0.312. The average molecular weight is 318 g/mol. The van der Waals surface area contributed by atoms with E-state index in [1.807, 2.05) is 35.7 Å². The molecule has 1 amide bonds. The number of hydrogen-bond acceptors (Lipinski definition) is 4. The Morgan fingerprint density at radius 2 is 1.95 bits per heavy atom. The Labute approximate surface area is 133 Å². The summed E-state index contributed by atoms with van der Waals surface area (Å²) < 4.78 is 0. The van der Waals surface area contributed by atoms with Gasteiger partial charge in [-0.15, -0.1) is 11.3 Å². The summed E-state index contributed by atoms with van der Waals surface area (Å²) in [6.45, 7) is 3.32. The van der Waals surface area contributed by atoms with Crippen LogP contribution in [0.1, 0.15) is 19.5 Å². The second-order valence-electron chi connectivity index (χ2n) is 5.20. The molecule has 6 heteroatoms. The van der Waals surface area contributed by atoms with Crippen molar-refractivity contribution in [3.63, 3.8) is 0 Å². The molecule has 0 aliphatic heterocycles. The third-order valence-corrected chi connectivity index (χ3v) is 4.09. The first kappa shape index (κ1) is 16.2. The summed E-state index contributed by atoms with van der Waals surface area (Å²) in [5.41, 5.74) is 1.68. The number of carboxylic acids is 1. The lowest BCUT2D eigenvalue weighted by atomic mass is 10.2. The number of amides is 1. The Hall–Kier alpha value is -2.21. The van der Waals surface area contributed by atoms with Crippen LogP contribution in [0.5, 0.6) is 0 Å². The molecule has 1 N–H and O–H groups in total. The summed E-state index contributed by atoms with van der Waals surface area (Å²) in [4.78, 5) is 28.9. The molecule has 5 nitrogen and oxygen atoms in total. The molecule has 0 aliphatic rings. The molecule has 0 saturated heterocycles. The first-order valence-corrected chi connectivity index (χ1v) is 7.86. The first-order chi connectivity index (χ1) is 10.5. The van der Waals surface area contributed by atoms with Crippen molar-refractivity contribution >= 4 is 23.2 Å². The van der Waals surface area contributed by atoms with Crippen molar-refractivity contribution in [2.45, 2.75) is 26.3 Å². The van der Waals surface area contributed by atoms with E-state index in [0.29, 0.717) is 5.69 Å². The van der Waals surface area contributed by atoms with Gasteiger partial charge in [-0.2, -0.15) is 0 Å². The summed E-state index contributed by atoms with van der Waals surface area (Å²) in [6.07, 6.45) is 0.120. The number of aromatic nitrogens is 1. The Morgan fingerprint density at radius 3 is 2.55 bits per heavy atom. The third kappa shape index (κ3) is 4.14. The van der Waals surface area contributed by atoms with Crippen LogP contribution in [0.2, 0.25) is 0 Å².